The molecule has 1 fully saturated rings. The topological polar surface area (TPSA) is 80.5 Å². The predicted molar refractivity (Wildman–Crippen MR) is 75.5 cm³/mol. The van der Waals surface area contributed by atoms with Crippen molar-refractivity contribution in [1.29, 1.82) is 0 Å². The SMILES string of the molecule is CCc1cccnc1-c1noc(C2(c3ccn[nH]3)CC2)n1. The number of H-pyrrole nitrogens is 1. The van der Waals surface area contributed by atoms with Gasteiger partial charge in [-0.15, -0.1) is 0 Å². The number of nitrogens with one attached hydrogen (secondary N) is 1. The number of pyridine rings is 1. The van der Waals surface area contributed by atoms with Crippen LogP contribution in [0.15, 0.2) is 35.1 Å². The van der Waals surface area contributed by atoms with E-state index in [-0.39, 0.29) is 5.41 Å². The van der Waals surface area contributed by atoms with Gasteiger partial charge in [-0.25, -0.2) is 0 Å². The molecular formula is C15H15N5O. The largest absolute Gasteiger partial charge is 0.338 e. The van der Waals surface area contributed by atoms with Crippen LogP contribution in [0.3, 0.4) is 0 Å². The third-order valence-electron chi connectivity index (χ3n) is 4.09. The number of aromatic nitrogens is 5. The molecule has 3 heterocycles. The van der Waals surface area contributed by atoms with Gasteiger partial charge in [0.05, 0.1) is 11.1 Å². The van der Waals surface area contributed by atoms with E-state index >= 15 is 0 Å². The highest BCUT2D eigenvalue weighted by molar-refractivity contribution is 5.54. The molecule has 0 radical (unpaired) electrons. The van der Waals surface area contributed by atoms with Crippen LogP contribution in [0.1, 0.15) is 36.9 Å². The van der Waals surface area contributed by atoms with E-state index in [1.54, 1.807) is 12.4 Å². The van der Waals surface area contributed by atoms with Gasteiger partial charge in [0.1, 0.15) is 5.69 Å². The van der Waals surface area contributed by atoms with E-state index in [4.69, 9.17) is 4.52 Å². The molecule has 0 bridgehead atoms. The molecule has 6 nitrogen and oxygen atoms in total. The maximum atomic E-state index is 5.52. The fraction of sp³-hybridized carbons (Fsp3) is 0.333. The van der Waals surface area contributed by atoms with Crippen molar-refractivity contribution in [3.05, 3.63) is 47.7 Å². The van der Waals surface area contributed by atoms with Crippen molar-refractivity contribution in [2.75, 3.05) is 0 Å². The molecule has 3 aromatic heterocycles. The summed E-state index contributed by atoms with van der Waals surface area (Å²) in [5.41, 5.74) is 2.78. The summed E-state index contributed by atoms with van der Waals surface area (Å²) in [6.07, 6.45) is 6.39. The fourth-order valence-corrected chi connectivity index (χ4v) is 2.69. The Morgan fingerprint density at radius 1 is 1.29 bits per heavy atom. The Morgan fingerprint density at radius 2 is 2.19 bits per heavy atom. The van der Waals surface area contributed by atoms with Crippen LogP contribution in [-0.4, -0.2) is 25.3 Å². The smallest absolute Gasteiger partial charge is 0.239 e. The van der Waals surface area contributed by atoms with Crippen LogP contribution in [0.2, 0.25) is 0 Å². The van der Waals surface area contributed by atoms with Crippen LogP contribution in [0.5, 0.6) is 0 Å². The van der Waals surface area contributed by atoms with Gasteiger partial charge in [0, 0.05) is 12.4 Å². The number of nitrogens with zero attached hydrogens (tertiary/aromatic N) is 4. The summed E-state index contributed by atoms with van der Waals surface area (Å²) in [5.74, 6) is 1.21. The quantitative estimate of drug-likeness (QED) is 0.794. The summed E-state index contributed by atoms with van der Waals surface area (Å²) in [6.45, 7) is 2.09. The molecule has 1 aliphatic carbocycles. The third-order valence-corrected chi connectivity index (χ3v) is 4.09. The molecular weight excluding hydrogens is 266 g/mol. The Balaban J connectivity index is 1.74. The van der Waals surface area contributed by atoms with Gasteiger partial charge in [0.15, 0.2) is 0 Å². The van der Waals surface area contributed by atoms with Crippen LogP contribution < -0.4 is 0 Å². The van der Waals surface area contributed by atoms with Gasteiger partial charge < -0.3 is 4.52 Å². The Kier molecular flexibility index (Phi) is 2.63. The number of aromatic amines is 1. The monoisotopic (exact) mass is 281 g/mol. The van der Waals surface area contributed by atoms with Gasteiger partial charge in [-0.3, -0.25) is 10.1 Å². The van der Waals surface area contributed by atoms with Crippen molar-refractivity contribution >= 4 is 0 Å². The molecule has 0 saturated heterocycles. The highest BCUT2D eigenvalue weighted by atomic mass is 16.5. The maximum Gasteiger partial charge on any atom is 0.239 e. The Hall–Kier alpha value is -2.50. The van der Waals surface area contributed by atoms with Crippen molar-refractivity contribution in [3.8, 4) is 11.5 Å². The lowest BCUT2D eigenvalue weighted by atomic mass is 10.0. The first-order valence-corrected chi connectivity index (χ1v) is 7.12. The van der Waals surface area contributed by atoms with Gasteiger partial charge in [-0.05, 0) is 37.0 Å². The van der Waals surface area contributed by atoms with Gasteiger partial charge >= 0.3 is 0 Å². The summed E-state index contributed by atoms with van der Waals surface area (Å²) >= 11 is 0. The molecule has 1 aliphatic rings. The lowest BCUT2D eigenvalue weighted by molar-refractivity contribution is 0.358. The molecule has 21 heavy (non-hydrogen) atoms. The Bertz CT molecular complexity index is 758. The van der Waals surface area contributed by atoms with Crippen LogP contribution in [0.4, 0.5) is 0 Å². The highest BCUT2D eigenvalue weighted by Gasteiger charge is 2.52. The standard InChI is InChI=1S/C15H15N5O/c1-2-10-4-3-8-16-12(10)13-18-14(21-20-13)15(6-7-15)11-5-9-17-19-11/h3-5,8-9H,2,6-7H2,1H3,(H,17,19). The fourth-order valence-electron chi connectivity index (χ4n) is 2.69. The first-order valence-electron chi connectivity index (χ1n) is 7.12. The normalized spacial score (nSPS) is 16.0. The lowest BCUT2D eigenvalue weighted by Gasteiger charge is -2.06. The number of hydrogen-bond donors (Lipinski definition) is 1. The number of hydrogen-bond acceptors (Lipinski definition) is 5. The predicted octanol–water partition coefficient (Wildman–Crippen LogP) is 2.50. The highest BCUT2D eigenvalue weighted by Crippen LogP contribution is 2.52. The summed E-state index contributed by atoms with van der Waals surface area (Å²) in [6, 6.07) is 5.94. The van der Waals surface area contributed by atoms with E-state index in [2.05, 4.69) is 32.2 Å². The van der Waals surface area contributed by atoms with E-state index in [1.807, 2.05) is 18.2 Å². The van der Waals surface area contributed by atoms with Crippen LogP contribution in [-0.2, 0) is 11.8 Å². The average Bonchev–Trinajstić information content (AvgIpc) is 2.98. The second kappa shape index (κ2) is 4.51. The van der Waals surface area contributed by atoms with E-state index in [0.29, 0.717) is 11.7 Å². The minimum Gasteiger partial charge on any atom is -0.338 e. The van der Waals surface area contributed by atoms with Crippen molar-refractivity contribution < 1.29 is 4.52 Å². The molecule has 0 unspecified atom stereocenters. The van der Waals surface area contributed by atoms with Gasteiger partial charge in [-0.2, -0.15) is 10.1 Å². The molecule has 0 atom stereocenters. The third kappa shape index (κ3) is 1.86. The molecule has 0 aliphatic heterocycles. The van der Waals surface area contributed by atoms with Crippen molar-refractivity contribution in [2.45, 2.75) is 31.6 Å². The molecule has 106 valence electrons. The van der Waals surface area contributed by atoms with Crippen LogP contribution in [0, 0.1) is 0 Å². The van der Waals surface area contributed by atoms with Crippen molar-refractivity contribution in [3.63, 3.8) is 0 Å². The van der Waals surface area contributed by atoms with Gasteiger partial charge in [0.2, 0.25) is 11.7 Å². The molecule has 1 saturated carbocycles. The molecule has 0 spiro atoms. The summed E-state index contributed by atoms with van der Waals surface area (Å²) < 4.78 is 5.52. The minimum absolute atomic E-state index is 0.178. The summed E-state index contributed by atoms with van der Waals surface area (Å²) in [4.78, 5) is 8.98. The second-order valence-electron chi connectivity index (χ2n) is 5.34. The molecule has 6 heteroatoms. The van der Waals surface area contributed by atoms with Crippen molar-refractivity contribution in [1.82, 2.24) is 25.3 Å². The Labute approximate surface area is 121 Å². The zero-order valence-corrected chi connectivity index (χ0v) is 11.7. The molecule has 0 amide bonds. The van der Waals surface area contributed by atoms with Crippen molar-refractivity contribution in [2.24, 2.45) is 0 Å². The van der Waals surface area contributed by atoms with E-state index in [0.717, 1.165) is 36.2 Å². The lowest BCUT2D eigenvalue weighted by Crippen LogP contribution is -2.09. The van der Waals surface area contributed by atoms with Gasteiger partial charge in [-0.1, -0.05) is 18.1 Å². The maximum absolute atomic E-state index is 5.52. The zero-order valence-electron chi connectivity index (χ0n) is 11.7. The number of rotatable bonds is 4. The first kappa shape index (κ1) is 12.3. The molecule has 3 aromatic rings. The van der Waals surface area contributed by atoms with E-state index in [1.165, 1.54) is 0 Å². The van der Waals surface area contributed by atoms with Crippen LogP contribution >= 0.6 is 0 Å². The van der Waals surface area contributed by atoms with E-state index < -0.39 is 0 Å². The zero-order chi connectivity index (χ0) is 14.3. The summed E-state index contributed by atoms with van der Waals surface area (Å²) in [5, 5.41) is 11.2. The van der Waals surface area contributed by atoms with Gasteiger partial charge in [0.25, 0.3) is 0 Å². The molecule has 1 N–H and O–H groups in total. The van der Waals surface area contributed by atoms with Crippen LogP contribution in [0.25, 0.3) is 11.5 Å². The first-order chi connectivity index (χ1) is 10.3. The average molecular weight is 281 g/mol. The molecule has 0 aromatic carbocycles. The molecule has 4 rings (SSSR count). The van der Waals surface area contributed by atoms with E-state index in [9.17, 15) is 0 Å². The minimum atomic E-state index is -0.178. The summed E-state index contributed by atoms with van der Waals surface area (Å²) in [7, 11) is 0. The second-order valence-corrected chi connectivity index (χ2v) is 5.34. The Morgan fingerprint density at radius 3 is 2.90 bits per heavy atom. The number of aryl methyl sites for hydroxylation is 1.